The van der Waals surface area contributed by atoms with Crippen molar-refractivity contribution in [3.8, 4) is 0 Å². The average Bonchev–Trinajstić information content (AvgIpc) is 2.96. The van der Waals surface area contributed by atoms with Crippen LogP contribution in [0.25, 0.3) is 0 Å². The monoisotopic (exact) mass is 434 g/mol. The molecule has 0 radical (unpaired) electrons. The van der Waals surface area contributed by atoms with Crippen molar-refractivity contribution in [1.82, 2.24) is 0 Å². The summed E-state index contributed by atoms with van der Waals surface area (Å²) in [5, 5.41) is 21.0. The van der Waals surface area contributed by atoms with Crippen LogP contribution in [0.5, 0.6) is 0 Å². The normalized spacial score (nSPS) is 35.0. The number of ketones is 3. The van der Waals surface area contributed by atoms with E-state index in [1.54, 1.807) is 41.5 Å². The molecule has 1 spiro atoms. The van der Waals surface area contributed by atoms with E-state index >= 15 is 0 Å². The van der Waals surface area contributed by atoms with Crippen LogP contribution in [-0.2, 0) is 19.1 Å². The van der Waals surface area contributed by atoms with E-state index in [2.05, 4.69) is 0 Å². The van der Waals surface area contributed by atoms with Crippen molar-refractivity contribution < 1.29 is 29.3 Å². The molecule has 6 nitrogen and oxygen atoms in total. The Hall–Kier alpha value is -1.53. The van der Waals surface area contributed by atoms with Crippen LogP contribution in [0, 0.1) is 28.1 Å². The van der Waals surface area contributed by atoms with E-state index in [-0.39, 0.29) is 23.9 Å². The highest BCUT2D eigenvalue weighted by atomic mass is 16.5. The molecule has 2 N–H and O–H groups in total. The maximum Gasteiger partial charge on any atom is 0.180 e. The summed E-state index contributed by atoms with van der Waals surface area (Å²) in [5.41, 5.74) is -5.87. The Morgan fingerprint density at radius 1 is 1.16 bits per heavy atom. The first-order chi connectivity index (χ1) is 13.9. The molecule has 0 amide bonds. The zero-order valence-corrected chi connectivity index (χ0v) is 20.2. The number of hydrogen-bond donors (Lipinski definition) is 2. The molecule has 1 heterocycles. The lowest BCUT2D eigenvalue weighted by Gasteiger charge is -2.58. The summed E-state index contributed by atoms with van der Waals surface area (Å²) < 4.78 is 6.00. The first kappa shape index (κ1) is 24.1. The van der Waals surface area contributed by atoms with Crippen molar-refractivity contribution in [1.29, 1.82) is 0 Å². The van der Waals surface area contributed by atoms with E-state index in [1.807, 2.05) is 13.8 Å². The van der Waals surface area contributed by atoms with Crippen molar-refractivity contribution in [2.24, 2.45) is 28.1 Å². The van der Waals surface area contributed by atoms with E-state index in [0.717, 1.165) is 0 Å². The lowest BCUT2D eigenvalue weighted by Crippen LogP contribution is -2.69. The van der Waals surface area contributed by atoms with E-state index in [1.165, 1.54) is 6.08 Å². The van der Waals surface area contributed by atoms with Crippen LogP contribution in [0.2, 0.25) is 0 Å². The summed E-state index contributed by atoms with van der Waals surface area (Å²) in [6.45, 7) is 13.9. The Kier molecular flexibility index (Phi) is 5.43. The summed E-state index contributed by atoms with van der Waals surface area (Å²) in [4.78, 5) is 41.5. The number of fused-ring (bicyclic) bond motifs is 1. The van der Waals surface area contributed by atoms with Crippen LogP contribution in [0.3, 0.4) is 0 Å². The zero-order chi connectivity index (χ0) is 23.8. The van der Waals surface area contributed by atoms with Gasteiger partial charge in [-0.1, -0.05) is 27.7 Å². The molecule has 0 aromatic carbocycles. The van der Waals surface area contributed by atoms with Gasteiger partial charge in [0.2, 0.25) is 0 Å². The Morgan fingerprint density at radius 3 is 2.23 bits per heavy atom. The fraction of sp³-hybridized carbons (Fsp3) is 0.800. The van der Waals surface area contributed by atoms with Crippen LogP contribution in [0.15, 0.2) is 11.8 Å². The fourth-order valence-electron chi connectivity index (χ4n) is 6.04. The van der Waals surface area contributed by atoms with Gasteiger partial charge in [-0.2, -0.15) is 0 Å². The van der Waals surface area contributed by atoms with E-state index in [9.17, 15) is 24.6 Å². The SMILES string of the molecule is CC(C)C(=O)[C@@]12C(=O)C=C3O[C@H](C(C)(C)O)C[C@]3(C[C@H](CCC(C)(C)O)C1(C)C)C2=O. The lowest BCUT2D eigenvalue weighted by atomic mass is 9.40. The summed E-state index contributed by atoms with van der Waals surface area (Å²) in [6.07, 6.45) is 2.47. The number of Topliss-reactive ketones (excluding diaryl/α,β-unsaturated/α-hetero) is 2. The number of aliphatic hydroxyl groups is 2. The molecular weight excluding hydrogens is 396 g/mol. The third-order valence-electron chi connectivity index (χ3n) is 8.05. The highest BCUT2D eigenvalue weighted by molar-refractivity contribution is 6.32. The highest BCUT2D eigenvalue weighted by Crippen LogP contribution is 2.67. The third kappa shape index (κ3) is 3.32. The number of hydrogen-bond acceptors (Lipinski definition) is 6. The minimum absolute atomic E-state index is 0.156. The van der Waals surface area contributed by atoms with Crippen molar-refractivity contribution in [2.45, 2.75) is 98.4 Å². The van der Waals surface area contributed by atoms with Gasteiger partial charge >= 0.3 is 0 Å². The van der Waals surface area contributed by atoms with Crippen LogP contribution < -0.4 is 0 Å². The molecule has 174 valence electrons. The highest BCUT2D eigenvalue weighted by Gasteiger charge is 2.76. The number of carbonyl (C=O) groups excluding carboxylic acids is 3. The Bertz CT molecular complexity index is 837. The predicted molar refractivity (Wildman–Crippen MR) is 116 cm³/mol. The van der Waals surface area contributed by atoms with E-state index in [4.69, 9.17) is 4.74 Å². The molecule has 2 fully saturated rings. The van der Waals surface area contributed by atoms with Crippen molar-refractivity contribution in [3.05, 3.63) is 11.8 Å². The van der Waals surface area contributed by atoms with Crippen molar-refractivity contribution >= 4 is 17.3 Å². The Labute approximate surface area is 185 Å². The van der Waals surface area contributed by atoms with Crippen LogP contribution in [0.1, 0.15) is 81.1 Å². The fourth-order valence-corrected chi connectivity index (χ4v) is 6.04. The third-order valence-corrected chi connectivity index (χ3v) is 8.05. The maximum absolute atomic E-state index is 14.2. The summed E-state index contributed by atoms with van der Waals surface area (Å²) in [5.74, 6) is -1.56. The molecule has 31 heavy (non-hydrogen) atoms. The average molecular weight is 435 g/mol. The summed E-state index contributed by atoms with van der Waals surface area (Å²) in [6, 6.07) is 0. The second kappa shape index (κ2) is 6.98. The van der Waals surface area contributed by atoms with Gasteiger partial charge in [0.15, 0.2) is 22.8 Å². The van der Waals surface area contributed by atoms with Gasteiger partial charge in [-0.3, -0.25) is 14.4 Å². The minimum atomic E-state index is -1.77. The second-order valence-corrected chi connectivity index (χ2v) is 12.0. The van der Waals surface area contributed by atoms with Gasteiger partial charge in [-0.15, -0.1) is 0 Å². The molecule has 0 unspecified atom stereocenters. The summed E-state index contributed by atoms with van der Waals surface area (Å²) in [7, 11) is 0. The maximum atomic E-state index is 14.2. The molecule has 1 saturated heterocycles. The van der Waals surface area contributed by atoms with Crippen molar-refractivity contribution in [3.63, 3.8) is 0 Å². The quantitative estimate of drug-likeness (QED) is 0.622. The number of allylic oxidation sites excluding steroid dienone is 2. The van der Waals surface area contributed by atoms with Gasteiger partial charge < -0.3 is 14.9 Å². The van der Waals surface area contributed by atoms with Crippen molar-refractivity contribution in [2.75, 3.05) is 0 Å². The van der Waals surface area contributed by atoms with E-state index in [0.29, 0.717) is 25.0 Å². The van der Waals surface area contributed by atoms with Crippen LogP contribution in [0.4, 0.5) is 0 Å². The molecule has 2 bridgehead atoms. The Balaban J connectivity index is 2.22. The molecular formula is C25H38O6. The first-order valence-corrected chi connectivity index (χ1v) is 11.4. The van der Waals surface area contributed by atoms with Gasteiger partial charge in [-0.05, 0) is 58.3 Å². The standard InChI is InChI=1S/C25H38O6/c1-14(2)19(27)25-16(26)11-17-24(20(25)28,13-18(31-17)23(7,8)30)12-15(22(25,5)6)9-10-21(3,4)29/h11,14-15,18,29-30H,9-10,12-13H2,1-8H3/t15-,18-,24-,25+/m0/s1. The summed E-state index contributed by atoms with van der Waals surface area (Å²) >= 11 is 0. The molecule has 3 rings (SSSR count). The largest absolute Gasteiger partial charge is 0.491 e. The number of carbonyl (C=O) groups is 3. The predicted octanol–water partition coefficient (Wildman–Crippen LogP) is 3.38. The zero-order valence-electron chi connectivity index (χ0n) is 20.2. The molecule has 4 atom stereocenters. The molecule has 3 aliphatic rings. The lowest BCUT2D eigenvalue weighted by molar-refractivity contribution is -0.176. The van der Waals surface area contributed by atoms with Gasteiger partial charge in [0, 0.05) is 18.4 Å². The Morgan fingerprint density at radius 2 is 1.74 bits per heavy atom. The topological polar surface area (TPSA) is 101 Å². The van der Waals surface area contributed by atoms with E-state index < -0.39 is 45.3 Å². The first-order valence-electron chi connectivity index (χ1n) is 11.4. The van der Waals surface area contributed by atoms with Crippen LogP contribution in [-0.4, -0.2) is 44.9 Å². The van der Waals surface area contributed by atoms with Gasteiger partial charge in [0.25, 0.3) is 0 Å². The molecule has 1 aliphatic heterocycles. The molecule has 6 heteroatoms. The van der Waals surface area contributed by atoms with Crippen LogP contribution >= 0.6 is 0 Å². The second-order valence-electron chi connectivity index (χ2n) is 12.0. The molecule has 2 aliphatic carbocycles. The number of rotatable bonds is 6. The number of ether oxygens (including phenoxy) is 1. The smallest absolute Gasteiger partial charge is 0.180 e. The molecule has 0 aromatic heterocycles. The van der Waals surface area contributed by atoms with Gasteiger partial charge in [-0.25, -0.2) is 0 Å². The molecule has 0 aromatic rings. The molecule has 1 saturated carbocycles. The minimum Gasteiger partial charge on any atom is -0.491 e. The van der Waals surface area contributed by atoms with Gasteiger partial charge in [0.1, 0.15) is 11.9 Å². The van der Waals surface area contributed by atoms with Gasteiger partial charge in [0.05, 0.1) is 16.6 Å².